The molecule has 1 N–H and O–H groups in total. The molecule has 3 aromatic rings. The van der Waals surface area contributed by atoms with Crippen LogP contribution in [0.25, 0.3) is 11.0 Å². The minimum atomic E-state index is 0.272. The first kappa shape index (κ1) is 19.0. The molecule has 0 radical (unpaired) electrons. The summed E-state index contributed by atoms with van der Waals surface area (Å²) in [5, 5.41) is 4.89. The van der Waals surface area contributed by atoms with Crippen molar-refractivity contribution in [2.24, 2.45) is 0 Å². The van der Waals surface area contributed by atoms with Crippen molar-refractivity contribution in [2.75, 3.05) is 33.2 Å². The Morgan fingerprint density at radius 1 is 1.10 bits per heavy atom. The first-order valence-electron chi connectivity index (χ1n) is 10.7. The first-order chi connectivity index (χ1) is 14.8. The summed E-state index contributed by atoms with van der Waals surface area (Å²) in [6.45, 7) is 3.81. The van der Waals surface area contributed by atoms with Crippen LogP contribution in [0, 0.1) is 11.8 Å². The topological polar surface area (TPSA) is 31.6 Å². The molecule has 2 aliphatic rings. The normalized spacial score (nSPS) is 19.5. The predicted molar refractivity (Wildman–Crippen MR) is 121 cm³/mol. The highest BCUT2D eigenvalue weighted by atomic mass is 16.3. The zero-order valence-electron chi connectivity index (χ0n) is 17.4. The van der Waals surface area contributed by atoms with Crippen LogP contribution in [0.3, 0.4) is 0 Å². The van der Waals surface area contributed by atoms with Gasteiger partial charge in [-0.25, -0.2) is 0 Å². The van der Waals surface area contributed by atoms with Gasteiger partial charge in [-0.15, -0.1) is 0 Å². The van der Waals surface area contributed by atoms with Crippen molar-refractivity contribution in [3.63, 3.8) is 0 Å². The monoisotopic (exact) mass is 397 g/mol. The number of rotatable bonds is 3. The third-order valence-corrected chi connectivity index (χ3v) is 6.11. The third kappa shape index (κ3) is 4.00. The standard InChI is InChI=1S/C26H27N3O/c1-28-24-13-15-29(14-7-10-20-8-3-2-4-9-20)19-22(24)18-27-26(28)17-23-16-21-11-5-6-12-25(21)30-23/h2-6,8-9,11-12,16,26-27H,13-15,17-19H2,1H3. The van der Waals surface area contributed by atoms with Gasteiger partial charge in [0, 0.05) is 56.2 Å². The fourth-order valence-electron chi connectivity index (χ4n) is 4.48. The molecule has 4 heteroatoms. The maximum absolute atomic E-state index is 6.05. The van der Waals surface area contributed by atoms with E-state index in [9.17, 15) is 0 Å². The van der Waals surface area contributed by atoms with Gasteiger partial charge in [-0.1, -0.05) is 48.2 Å². The lowest BCUT2D eigenvalue weighted by atomic mass is 10.0. The molecule has 2 aromatic carbocycles. The molecule has 0 fully saturated rings. The molecule has 5 rings (SSSR count). The van der Waals surface area contributed by atoms with Gasteiger partial charge in [0.25, 0.3) is 0 Å². The number of furan rings is 1. The molecule has 1 unspecified atom stereocenters. The van der Waals surface area contributed by atoms with Gasteiger partial charge in [-0.3, -0.25) is 10.2 Å². The SMILES string of the molecule is CN1C2=C(CNC1Cc1cc3ccccc3o1)CN(CC#Cc1ccccc1)CC2. The van der Waals surface area contributed by atoms with E-state index in [0.717, 1.165) is 55.9 Å². The molecule has 4 nitrogen and oxygen atoms in total. The van der Waals surface area contributed by atoms with Crippen molar-refractivity contribution in [3.8, 4) is 11.8 Å². The van der Waals surface area contributed by atoms with Crippen LogP contribution in [-0.2, 0) is 6.42 Å². The maximum Gasteiger partial charge on any atom is 0.134 e. The molecule has 0 bridgehead atoms. The summed E-state index contributed by atoms with van der Waals surface area (Å²) in [5.41, 5.74) is 5.03. The fraction of sp³-hybridized carbons (Fsp3) is 0.308. The highest BCUT2D eigenvalue weighted by Crippen LogP contribution is 2.27. The zero-order chi connectivity index (χ0) is 20.3. The largest absolute Gasteiger partial charge is 0.461 e. The molecule has 0 aliphatic carbocycles. The van der Waals surface area contributed by atoms with Crippen LogP contribution in [0.2, 0.25) is 0 Å². The Labute approximate surface area is 178 Å². The third-order valence-electron chi connectivity index (χ3n) is 6.11. The Bertz CT molecular complexity index is 1090. The van der Waals surface area contributed by atoms with E-state index in [0.29, 0.717) is 0 Å². The highest BCUT2D eigenvalue weighted by molar-refractivity contribution is 5.77. The first-order valence-corrected chi connectivity index (χ1v) is 10.7. The second-order valence-electron chi connectivity index (χ2n) is 8.14. The van der Waals surface area contributed by atoms with Crippen molar-refractivity contribution in [2.45, 2.75) is 19.0 Å². The van der Waals surface area contributed by atoms with Gasteiger partial charge in [0.2, 0.25) is 0 Å². The average Bonchev–Trinajstić information content (AvgIpc) is 3.19. The molecular weight excluding hydrogens is 370 g/mol. The average molecular weight is 398 g/mol. The van der Waals surface area contributed by atoms with Crippen LogP contribution < -0.4 is 5.32 Å². The Morgan fingerprint density at radius 3 is 2.80 bits per heavy atom. The summed E-state index contributed by atoms with van der Waals surface area (Å²) in [4.78, 5) is 4.86. The van der Waals surface area contributed by atoms with E-state index in [-0.39, 0.29) is 6.17 Å². The summed E-state index contributed by atoms with van der Waals surface area (Å²) in [6.07, 6.45) is 2.22. The molecule has 0 spiro atoms. The molecule has 0 amide bonds. The lowest BCUT2D eigenvalue weighted by molar-refractivity contribution is 0.188. The number of likely N-dealkylation sites (N-methyl/N-ethyl adjacent to an activating group) is 1. The van der Waals surface area contributed by atoms with Crippen LogP contribution in [0.15, 0.2) is 76.4 Å². The van der Waals surface area contributed by atoms with Gasteiger partial charge in [0.1, 0.15) is 11.3 Å². The number of hydrogen-bond donors (Lipinski definition) is 1. The van der Waals surface area contributed by atoms with Crippen LogP contribution in [0.5, 0.6) is 0 Å². The maximum atomic E-state index is 6.05. The molecule has 0 saturated heterocycles. The molecule has 0 saturated carbocycles. The van der Waals surface area contributed by atoms with Crippen molar-refractivity contribution in [3.05, 3.63) is 83.3 Å². The van der Waals surface area contributed by atoms with Crippen LogP contribution >= 0.6 is 0 Å². The van der Waals surface area contributed by atoms with E-state index < -0.39 is 0 Å². The van der Waals surface area contributed by atoms with Gasteiger partial charge in [-0.05, 0) is 29.8 Å². The number of nitrogens with zero attached hydrogens (tertiary/aromatic N) is 2. The van der Waals surface area contributed by atoms with Crippen molar-refractivity contribution in [1.82, 2.24) is 15.1 Å². The van der Waals surface area contributed by atoms with Crippen LogP contribution in [0.4, 0.5) is 0 Å². The zero-order valence-corrected chi connectivity index (χ0v) is 17.4. The summed E-state index contributed by atoms with van der Waals surface area (Å²) in [7, 11) is 2.21. The molecule has 1 aromatic heterocycles. The summed E-state index contributed by atoms with van der Waals surface area (Å²) in [5.74, 6) is 7.65. The fourth-order valence-corrected chi connectivity index (χ4v) is 4.48. The molecule has 30 heavy (non-hydrogen) atoms. The molecular formula is C26H27N3O. The lowest BCUT2D eigenvalue weighted by Gasteiger charge is -2.42. The highest BCUT2D eigenvalue weighted by Gasteiger charge is 2.29. The summed E-state index contributed by atoms with van der Waals surface area (Å²) < 4.78 is 6.05. The second-order valence-corrected chi connectivity index (χ2v) is 8.14. The summed E-state index contributed by atoms with van der Waals surface area (Å²) in [6, 6.07) is 20.6. The van der Waals surface area contributed by atoms with Gasteiger partial charge >= 0.3 is 0 Å². The van der Waals surface area contributed by atoms with Crippen molar-refractivity contribution >= 4 is 11.0 Å². The number of benzene rings is 2. The van der Waals surface area contributed by atoms with Gasteiger partial charge in [0.05, 0.1) is 12.7 Å². The quantitative estimate of drug-likeness (QED) is 0.681. The Balaban J connectivity index is 1.22. The van der Waals surface area contributed by atoms with Gasteiger partial charge in [-0.2, -0.15) is 0 Å². The van der Waals surface area contributed by atoms with Crippen molar-refractivity contribution < 1.29 is 4.42 Å². The van der Waals surface area contributed by atoms with E-state index in [4.69, 9.17) is 4.42 Å². The molecule has 2 aliphatic heterocycles. The number of hydrogen-bond acceptors (Lipinski definition) is 4. The van der Waals surface area contributed by atoms with Gasteiger partial charge < -0.3 is 9.32 Å². The van der Waals surface area contributed by atoms with Gasteiger partial charge in [0.15, 0.2) is 0 Å². The minimum absolute atomic E-state index is 0.272. The number of para-hydroxylation sites is 1. The Hall–Kier alpha value is -3.00. The predicted octanol–water partition coefficient (Wildman–Crippen LogP) is 3.85. The number of fused-ring (bicyclic) bond motifs is 1. The van der Waals surface area contributed by atoms with Crippen LogP contribution in [0.1, 0.15) is 17.7 Å². The van der Waals surface area contributed by atoms with E-state index in [2.05, 4.69) is 64.3 Å². The molecule has 1 atom stereocenters. The minimum Gasteiger partial charge on any atom is -0.461 e. The lowest BCUT2D eigenvalue weighted by Crippen LogP contribution is -2.53. The van der Waals surface area contributed by atoms with E-state index >= 15 is 0 Å². The van der Waals surface area contributed by atoms with E-state index in [1.165, 1.54) is 16.7 Å². The van der Waals surface area contributed by atoms with E-state index in [1.807, 2.05) is 30.3 Å². The van der Waals surface area contributed by atoms with E-state index in [1.54, 1.807) is 0 Å². The number of nitrogens with one attached hydrogen (secondary N) is 1. The smallest absolute Gasteiger partial charge is 0.134 e. The Morgan fingerprint density at radius 2 is 1.93 bits per heavy atom. The Kier molecular flexibility index (Phi) is 5.31. The van der Waals surface area contributed by atoms with Crippen molar-refractivity contribution in [1.29, 1.82) is 0 Å². The molecule has 3 heterocycles. The second kappa shape index (κ2) is 8.39. The van der Waals surface area contributed by atoms with Crippen LogP contribution in [-0.4, -0.2) is 49.2 Å². The summed E-state index contributed by atoms with van der Waals surface area (Å²) >= 11 is 0. The molecule has 152 valence electrons.